The third-order valence-electron chi connectivity index (χ3n) is 2.09. The van der Waals surface area contributed by atoms with Crippen LogP contribution in [-0.4, -0.2) is 6.54 Å². The maximum Gasteiger partial charge on any atom is 0.416 e. The van der Waals surface area contributed by atoms with Crippen LogP contribution in [0.5, 0.6) is 0 Å². The maximum absolute atomic E-state index is 12.3. The SMILES string of the molecule is Cc1ccc(C(F)(F)F)cc1CCN.Cl. The first kappa shape index (κ1) is 14.3. The van der Waals surface area contributed by atoms with Crippen LogP contribution in [0.2, 0.25) is 0 Å². The van der Waals surface area contributed by atoms with Crippen molar-refractivity contribution < 1.29 is 13.2 Å². The van der Waals surface area contributed by atoms with Crippen LogP contribution in [0, 0.1) is 6.92 Å². The predicted molar refractivity (Wildman–Crippen MR) is 56.2 cm³/mol. The molecular formula is C10H13ClF3N. The summed E-state index contributed by atoms with van der Waals surface area (Å²) >= 11 is 0. The predicted octanol–water partition coefficient (Wildman–Crippen LogP) is 2.94. The van der Waals surface area contributed by atoms with Crippen LogP contribution in [0.1, 0.15) is 16.7 Å². The smallest absolute Gasteiger partial charge is 0.330 e. The Labute approximate surface area is 92.9 Å². The normalized spacial score (nSPS) is 11.0. The molecule has 0 aliphatic rings. The van der Waals surface area contributed by atoms with Crippen LogP contribution in [-0.2, 0) is 12.6 Å². The number of alkyl halides is 3. The zero-order valence-corrected chi connectivity index (χ0v) is 9.08. The first-order valence-electron chi connectivity index (χ1n) is 4.32. The van der Waals surface area contributed by atoms with Gasteiger partial charge in [-0.05, 0) is 43.1 Å². The van der Waals surface area contributed by atoms with Crippen molar-refractivity contribution in [3.8, 4) is 0 Å². The summed E-state index contributed by atoms with van der Waals surface area (Å²) < 4.78 is 36.9. The molecule has 0 radical (unpaired) electrons. The van der Waals surface area contributed by atoms with Crippen molar-refractivity contribution in [1.82, 2.24) is 0 Å². The van der Waals surface area contributed by atoms with E-state index in [1.807, 2.05) is 0 Å². The van der Waals surface area contributed by atoms with E-state index in [1.165, 1.54) is 12.1 Å². The molecule has 1 nitrogen and oxygen atoms in total. The standard InChI is InChI=1S/C10H12F3N.ClH/c1-7-2-3-9(10(11,12)13)6-8(7)4-5-14;/h2-3,6H,4-5,14H2,1H3;1H. The van der Waals surface area contributed by atoms with Gasteiger partial charge in [0.15, 0.2) is 0 Å². The number of hydrogen-bond donors (Lipinski definition) is 1. The van der Waals surface area contributed by atoms with E-state index in [2.05, 4.69) is 0 Å². The van der Waals surface area contributed by atoms with E-state index >= 15 is 0 Å². The van der Waals surface area contributed by atoms with Crippen molar-refractivity contribution in [1.29, 1.82) is 0 Å². The fourth-order valence-corrected chi connectivity index (χ4v) is 1.27. The highest BCUT2D eigenvalue weighted by molar-refractivity contribution is 5.85. The minimum atomic E-state index is -4.27. The number of aryl methyl sites for hydroxylation is 1. The zero-order valence-electron chi connectivity index (χ0n) is 8.27. The van der Waals surface area contributed by atoms with Gasteiger partial charge in [0, 0.05) is 0 Å². The second-order valence-corrected chi connectivity index (χ2v) is 3.18. The molecule has 15 heavy (non-hydrogen) atoms. The topological polar surface area (TPSA) is 26.0 Å². The lowest BCUT2D eigenvalue weighted by Gasteiger charge is -2.10. The second-order valence-electron chi connectivity index (χ2n) is 3.18. The van der Waals surface area contributed by atoms with E-state index in [9.17, 15) is 13.2 Å². The molecule has 2 N–H and O–H groups in total. The minimum absolute atomic E-state index is 0. The first-order valence-corrected chi connectivity index (χ1v) is 4.32. The number of halogens is 4. The summed E-state index contributed by atoms with van der Waals surface area (Å²) in [5.41, 5.74) is 6.22. The maximum atomic E-state index is 12.3. The largest absolute Gasteiger partial charge is 0.416 e. The summed E-state index contributed by atoms with van der Waals surface area (Å²) in [6, 6.07) is 3.74. The van der Waals surface area contributed by atoms with Crippen LogP contribution >= 0.6 is 12.4 Å². The molecule has 0 fully saturated rings. The molecule has 0 heterocycles. The van der Waals surface area contributed by atoms with Crippen LogP contribution < -0.4 is 5.73 Å². The second kappa shape index (κ2) is 5.37. The molecular weight excluding hydrogens is 227 g/mol. The van der Waals surface area contributed by atoms with Gasteiger partial charge >= 0.3 is 6.18 Å². The van der Waals surface area contributed by atoms with Crippen LogP contribution in [0.3, 0.4) is 0 Å². The Bertz CT molecular complexity index is 323. The lowest BCUT2D eigenvalue weighted by molar-refractivity contribution is -0.137. The number of benzene rings is 1. The van der Waals surface area contributed by atoms with Crippen molar-refractivity contribution >= 4 is 12.4 Å². The molecule has 0 bridgehead atoms. The van der Waals surface area contributed by atoms with Gasteiger partial charge in [-0.15, -0.1) is 12.4 Å². The average molecular weight is 240 g/mol. The molecule has 0 saturated heterocycles. The van der Waals surface area contributed by atoms with E-state index in [1.54, 1.807) is 6.92 Å². The first-order chi connectivity index (χ1) is 6.45. The Morgan fingerprint density at radius 3 is 2.33 bits per heavy atom. The molecule has 0 unspecified atom stereocenters. The molecule has 86 valence electrons. The van der Waals surface area contributed by atoms with Crippen molar-refractivity contribution in [2.24, 2.45) is 5.73 Å². The summed E-state index contributed by atoms with van der Waals surface area (Å²) in [6.45, 7) is 2.15. The number of hydrogen-bond acceptors (Lipinski definition) is 1. The van der Waals surface area contributed by atoms with Crippen molar-refractivity contribution in [3.63, 3.8) is 0 Å². The van der Waals surface area contributed by atoms with Gasteiger partial charge in [-0.3, -0.25) is 0 Å². The fourth-order valence-electron chi connectivity index (χ4n) is 1.27. The summed E-state index contributed by atoms with van der Waals surface area (Å²) in [4.78, 5) is 0. The molecule has 1 rings (SSSR count). The average Bonchev–Trinajstić information content (AvgIpc) is 2.07. The molecule has 0 saturated carbocycles. The van der Waals surface area contributed by atoms with E-state index in [4.69, 9.17) is 5.73 Å². The lowest BCUT2D eigenvalue weighted by atomic mass is 10.0. The Balaban J connectivity index is 0.00000196. The van der Waals surface area contributed by atoms with Crippen molar-refractivity contribution in [3.05, 3.63) is 34.9 Å². The van der Waals surface area contributed by atoms with E-state index in [0.717, 1.165) is 11.6 Å². The Morgan fingerprint density at radius 2 is 1.87 bits per heavy atom. The zero-order chi connectivity index (χ0) is 10.8. The van der Waals surface area contributed by atoms with E-state index < -0.39 is 11.7 Å². The van der Waals surface area contributed by atoms with Gasteiger partial charge in [-0.2, -0.15) is 13.2 Å². The Morgan fingerprint density at radius 1 is 1.27 bits per heavy atom. The minimum Gasteiger partial charge on any atom is -0.330 e. The van der Waals surface area contributed by atoms with Crippen molar-refractivity contribution in [2.45, 2.75) is 19.5 Å². The Kier molecular flexibility index (Phi) is 5.11. The molecule has 5 heteroatoms. The van der Waals surface area contributed by atoms with Crippen LogP contribution in [0.4, 0.5) is 13.2 Å². The molecule has 0 spiro atoms. The molecule has 1 aromatic carbocycles. The molecule has 0 aliphatic heterocycles. The highest BCUT2D eigenvalue weighted by atomic mass is 35.5. The third kappa shape index (κ3) is 3.72. The monoisotopic (exact) mass is 239 g/mol. The number of rotatable bonds is 2. The lowest BCUT2D eigenvalue weighted by Crippen LogP contribution is -2.09. The summed E-state index contributed by atoms with van der Waals surface area (Å²) in [5.74, 6) is 0. The quantitative estimate of drug-likeness (QED) is 0.844. The summed E-state index contributed by atoms with van der Waals surface area (Å²) in [6.07, 6.45) is -3.78. The Hall–Kier alpha value is -0.740. The summed E-state index contributed by atoms with van der Waals surface area (Å²) in [7, 11) is 0. The van der Waals surface area contributed by atoms with Gasteiger partial charge in [-0.1, -0.05) is 6.07 Å². The summed E-state index contributed by atoms with van der Waals surface area (Å²) in [5, 5.41) is 0. The van der Waals surface area contributed by atoms with Gasteiger partial charge in [0.05, 0.1) is 5.56 Å². The highest BCUT2D eigenvalue weighted by Crippen LogP contribution is 2.30. The van der Waals surface area contributed by atoms with E-state index in [-0.39, 0.29) is 12.4 Å². The van der Waals surface area contributed by atoms with Gasteiger partial charge in [0.2, 0.25) is 0 Å². The highest BCUT2D eigenvalue weighted by Gasteiger charge is 2.30. The van der Waals surface area contributed by atoms with Gasteiger partial charge in [-0.25, -0.2) is 0 Å². The van der Waals surface area contributed by atoms with Gasteiger partial charge in [0.25, 0.3) is 0 Å². The molecule has 0 aromatic heterocycles. The molecule has 0 aliphatic carbocycles. The van der Waals surface area contributed by atoms with Crippen LogP contribution in [0.15, 0.2) is 18.2 Å². The van der Waals surface area contributed by atoms with E-state index in [0.29, 0.717) is 18.5 Å². The fraction of sp³-hybridized carbons (Fsp3) is 0.400. The van der Waals surface area contributed by atoms with Crippen molar-refractivity contribution in [2.75, 3.05) is 6.54 Å². The van der Waals surface area contributed by atoms with Gasteiger partial charge in [0.1, 0.15) is 0 Å². The molecule has 0 atom stereocenters. The van der Waals surface area contributed by atoms with Gasteiger partial charge < -0.3 is 5.73 Å². The molecule has 0 amide bonds. The number of nitrogens with two attached hydrogens (primary N) is 1. The third-order valence-corrected chi connectivity index (χ3v) is 2.09. The molecule has 1 aromatic rings. The van der Waals surface area contributed by atoms with Crippen LogP contribution in [0.25, 0.3) is 0 Å².